The fourth-order valence-electron chi connectivity index (χ4n) is 2.95. The van der Waals surface area contributed by atoms with E-state index in [1.54, 1.807) is 47.0 Å². The van der Waals surface area contributed by atoms with Crippen molar-refractivity contribution in [3.8, 4) is 5.75 Å². The van der Waals surface area contributed by atoms with E-state index >= 15 is 0 Å². The summed E-state index contributed by atoms with van der Waals surface area (Å²) in [6.07, 6.45) is 4.76. The van der Waals surface area contributed by atoms with Crippen LogP contribution in [-0.2, 0) is 0 Å². The molecule has 0 aliphatic carbocycles. The summed E-state index contributed by atoms with van der Waals surface area (Å²) in [6.45, 7) is 2.69. The highest BCUT2D eigenvalue weighted by atomic mass is 16.5. The minimum atomic E-state index is -0.404. The summed E-state index contributed by atoms with van der Waals surface area (Å²) in [4.78, 5) is 29.8. The third kappa shape index (κ3) is 4.14. The van der Waals surface area contributed by atoms with Gasteiger partial charge in [-0.3, -0.25) is 14.0 Å². The first-order valence-electron chi connectivity index (χ1n) is 9.35. The van der Waals surface area contributed by atoms with E-state index in [0.29, 0.717) is 23.5 Å². The molecule has 2 aromatic heterocycles. The molecule has 1 aromatic carbocycles. The van der Waals surface area contributed by atoms with Crippen molar-refractivity contribution in [3.63, 3.8) is 0 Å². The molecular formula is C21H24N4O3. The number of benzene rings is 1. The minimum absolute atomic E-state index is 0.185. The predicted octanol–water partition coefficient (Wildman–Crippen LogP) is 3.52. The largest absolute Gasteiger partial charge is 0.495 e. The number of methoxy groups -OCH3 is 1. The number of carbonyl (C=O) groups is 2. The van der Waals surface area contributed by atoms with Crippen LogP contribution in [0.3, 0.4) is 0 Å². The van der Waals surface area contributed by atoms with Crippen molar-refractivity contribution in [1.29, 1.82) is 0 Å². The number of hydrogen-bond acceptors (Lipinski definition) is 4. The highest BCUT2D eigenvalue weighted by Crippen LogP contribution is 2.24. The molecule has 0 unspecified atom stereocenters. The summed E-state index contributed by atoms with van der Waals surface area (Å²) < 4.78 is 6.90. The second kappa shape index (κ2) is 9.03. The molecule has 2 amide bonds. The highest BCUT2D eigenvalue weighted by molar-refractivity contribution is 6.09. The average molecular weight is 380 g/mol. The molecule has 0 saturated carbocycles. The van der Waals surface area contributed by atoms with Gasteiger partial charge in [-0.05, 0) is 30.7 Å². The average Bonchev–Trinajstić information content (AvgIpc) is 3.11. The Labute approximate surface area is 163 Å². The number of hydrogen-bond donors (Lipinski definition) is 2. The molecule has 7 nitrogen and oxygen atoms in total. The van der Waals surface area contributed by atoms with E-state index in [-0.39, 0.29) is 17.4 Å². The molecule has 0 spiro atoms. The van der Waals surface area contributed by atoms with Crippen LogP contribution in [-0.4, -0.2) is 34.9 Å². The van der Waals surface area contributed by atoms with Gasteiger partial charge in [-0.1, -0.05) is 38.0 Å². The van der Waals surface area contributed by atoms with Crippen LogP contribution < -0.4 is 15.4 Å². The highest BCUT2D eigenvalue weighted by Gasteiger charge is 2.22. The van der Waals surface area contributed by atoms with E-state index in [1.807, 2.05) is 6.07 Å². The van der Waals surface area contributed by atoms with Crippen LogP contribution in [0.1, 0.15) is 47.3 Å². The third-order valence-electron chi connectivity index (χ3n) is 4.39. The van der Waals surface area contributed by atoms with Crippen molar-refractivity contribution in [2.75, 3.05) is 19.0 Å². The van der Waals surface area contributed by atoms with Crippen LogP contribution >= 0.6 is 0 Å². The Morgan fingerprint density at radius 2 is 1.86 bits per heavy atom. The Kier molecular flexibility index (Phi) is 6.26. The molecule has 28 heavy (non-hydrogen) atoms. The van der Waals surface area contributed by atoms with Crippen molar-refractivity contribution < 1.29 is 14.3 Å². The molecule has 0 bridgehead atoms. The van der Waals surface area contributed by atoms with Crippen molar-refractivity contribution in [2.45, 2.75) is 26.2 Å². The van der Waals surface area contributed by atoms with Gasteiger partial charge in [0.1, 0.15) is 5.75 Å². The number of amides is 2. The van der Waals surface area contributed by atoms with Crippen molar-refractivity contribution in [3.05, 3.63) is 60.2 Å². The summed E-state index contributed by atoms with van der Waals surface area (Å²) in [6, 6.07) is 12.5. The Hall–Kier alpha value is -3.35. The number of nitrogens with zero attached hydrogens (tertiary/aromatic N) is 2. The van der Waals surface area contributed by atoms with Gasteiger partial charge in [-0.2, -0.15) is 0 Å². The summed E-state index contributed by atoms with van der Waals surface area (Å²) in [5.74, 6) is 0.0393. The zero-order valence-electron chi connectivity index (χ0n) is 16.1. The maximum Gasteiger partial charge on any atom is 0.287 e. The van der Waals surface area contributed by atoms with Crippen LogP contribution in [0.2, 0.25) is 0 Å². The maximum absolute atomic E-state index is 12.9. The lowest BCUT2D eigenvalue weighted by Gasteiger charge is -2.08. The lowest BCUT2D eigenvalue weighted by Crippen LogP contribution is -2.26. The summed E-state index contributed by atoms with van der Waals surface area (Å²) >= 11 is 0. The smallest absolute Gasteiger partial charge is 0.287 e. The van der Waals surface area contributed by atoms with E-state index < -0.39 is 5.91 Å². The van der Waals surface area contributed by atoms with Crippen LogP contribution in [0.25, 0.3) is 5.52 Å². The molecule has 7 heteroatoms. The Morgan fingerprint density at radius 1 is 1.07 bits per heavy atom. The van der Waals surface area contributed by atoms with Crippen molar-refractivity contribution >= 4 is 23.0 Å². The lowest BCUT2D eigenvalue weighted by molar-refractivity contribution is 0.0942. The van der Waals surface area contributed by atoms with Gasteiger partial charge in [-0.25, -0.2) is 4.98 Å². The second-order valence-electron chi connectivity index (χ2n) is 6.36. The van der Waals surface area contributed by atoms with Crippen LogP contribution in [0.5, 0.6) is 5.75 Å². The molecule has 2 heterocycles. The quantitative estimate of drug-likeness (QED) is 0.586. The zero-order chi connectivity index (χ0) is 19.9. The summed E-state index contributed by atoms with van der Waals surface area (Å²) in [5.41, 5.74) is 1.29. The predicted molar refractivity (Wildman–Crippen MR) is 108 cm³/mol. The van der Waals surface area contributed by atoms with Gasteiger partial charge in [0.25, 0.3) is 11.8 Å². The van der Waals surface area contributed by atoms with Gasteiger partial charge in [0, 0.05) is 12.7 Å². The number of imidazole rings is 1. The fraction of sp³-hybridized carbons (Fsp3) is 0.286. The van der Waals surface area contributed by atoms with Gasteiger partial charge in [0.15, 0.2) is 5.69 Å². The number of anilines is 1. The third-order valence-corrected chi connectivity index (χ3v) is 4.39. The monoisotopic (exact) mass is 380 g/mol. The first-order chi connectivity index (χ1) is 13.7. The maximum atomic E-state index is 12.9. The zero-order valence-corrected chi connectivity index (χ0v) is 16.1. The second-order valence-corrected chi connectivity index (χ2v) is 6.36. The number of unbranched alkanes of at least 4 members (excludes halogenated alkanes) is 2. The van der Waals surface area contributed by atoms with Gasteiger partial charge in [0.2, 0.25) is 5.82 Å². The summed E-state index contributed by atoms with van der Waals surface area (Å²) in [7, 11) is 1.54. The van der Waals surface area contributed by atoms with E-state index in [4.69, 9.17) is 4.74 Å². The van der Waals surface area contributed by atoms with Gasteiger partial charge < -0.3 is 15.4 Å². The van der Waals surface area contributed by atoms with Gasteiger partial charge in [0.05, 0.1) is 18.3 Å². The number of carbonyl (C=O) groups excluding carboxylic acids is 2. The number of para-hydroxylation sites is 2. The van der Waals surface area contributed by atoms with Crippen LogP contribution in [0.15, 0.2) is 48.7 Å². The molecule has 0 saturated heterocycles. The first-order valence-corrected chi connectivity index (χ1v) is 9.35. The fourth-order valence-corrected chi connectivity index (χ4v) is 2.95. The number of rotatable bonds is 8. The van der Waals surface area contributed by atoms with Crippen molar-refractivity contribution in [2.24, 2.45) is 0 Å². The molecule has 0 atom stereocenters. The lowest BCUT2D eigenvalue weighted by atomic mass is 10.2. The van der Waals surface area contributed by atoms with Gasteiger partial charge >= 0.3 is 0 Å². The SMILES string of the molecule is CCCCCNC(=O)c1nc(C(=O)Nc2ccccc2OC)c2ccccn12. The van der Waals surface area contributed by atoms with Crippen LogP contribution in [0.4, 0.5) is 5.69 Å². The Morgan fingerprint density at radius 3 is 2.64 bits per heavy atom. The number of ether oxygens (including phenoxy) is 1. The molecule has 3 rings (SSSR count). The molecule has 2 N–H and O–H groups in total. The Balaban J connectivity index is 1.87. The van der Waals surface area contributed by atoms with Gasteiger partial charge in [-0.15, -0.1) is 0 Å². The minimum Gasteiger partial charge on any atom is -0.495 e. The summed E-state index contributed by atoms with van der Waals surface area (Å²) in [5, 5.41) is 5.68. The van der Waals surface area contributed by atoms with E-state index in [1.165, 1.54) is 7.11 Å². The van der Waals surface area contributed by atoms with E-state index in [2.05, 4.69) is 22.5 Å². The number of fused-ring (bicyclic) bond motifs is 1. The molecule has 3 aromatic rings. The molecule has 0 aliphatic heterocycles. The standard InChI is InChI=1S/C21H24N4O3/c1-3-4-8-13-22-21(27)19-24-18(16-11-7-9-14-25(16)19)20(26)23-15-10-5-6-12-17(15)28-2/h5-7,9-12,14H,3-4,8,13H2,1-2H3,(H,22,27)(H,23,26). The van der Waals surface area contributed by atoms with E-state index in [9.17, 15) is 9.59 Å². The molecule has 0 aliphatic rings. The number of aromatic nitrogens is 2. The van der Waals surface area contributed by atoms with Crippen LogP contribution in [0, 0.1) is 0 Å². The van der Waals surface area contributed by atoms with Crippen molar-refractivity contribution in [1.82, 2.24) is 14.7 Å². The molecular weight excluding hydrogens is 356 g/mol. The first kappa shape index (κ1) is 19.4. The van der Waals surface area contributed by atoms with E-state index in [0.717, 1.165) is 19.3 Å². The number of pyridine rings is 1. The topological polar surface area (TPSA) is 84.7 Å². The number of nitrogens with one attached hydrogen (secondary N) is 2. The molecule has 0 radical (unpaired) electrons. The molecule has 0 fully saturated rings. The molecule has 146 valence electrons. The Bertz CT molecular complexity index is 981. The normalized spacial score (nSPS) is 10.6.